The maximum Gasteiger partial charge on any atom is 0.408 e. The molecule has 3 unspecified atom stereocenters. The van der Waals surface area contributed by atoms with Gasteiger partial charge in [0.05, 0.1) is 13.0 Å². The van der Waals surface area contributed by atoms with Gasteiger partial charge in [0.15, 0.2) is 0 Å². The molecule has 0 aliphatic rings. The van der Waals surface area contributed by atoms with Gasteiger partial charge in [0.25, 0.3) is 0 Å². The van der Waals surface area contributed by atoms with Crippen molar-refractivity contribution in [2.45, 2.75) is 91.5 Å². The van der Waals surface area contributed by atoms with Crippen molar-refractivity contribution in [3.63, 3.8) is 0 Å². The monoisotopic (exact) mass is 599 g/mol. The van der Waals surface area contributed by atoms with Crippen molar-refractivity contribution >= 4 is 23.9 Å². The number of carbonyl (C=O) groups excluding carboxylic acids is 4. The second-order valence-corrected chi connectivity index (χ2v) is 11.4. The van der Waals surface area contributed by atoms with Crippen LogP contribution in [0.5, 0.6) is 11.5 Å². The first-order valence-electron chi connectivity index (χ1n) is 14.5. The van der Waals surface area contributed by atoms with Crippen LogP contribution < -0.4 is 10.6 Å². The first kappa shape index (κ1) is 34.9. The largest absolute Gasteiger partial charge is 0.508 e. The third-order valence-electron chi connectivity index (χ3n) is 6.68. The van der Waals surface area contributed by atoms with E-state index in [9.17, 15) is 29.4 Å². The zero-order valence-electron chi connectivity index (χ0n) is 26.1. The van der Waals surface area contributed by atoms with Gasteiger partial charge in [-0.1, -0.05) is 25.1 Å². The number of nitrogens with zero attached hydrogens (tertiary/aromatic N) is 1. The molecule has 11 heteroatoms. The van der Waals surface area contributed by atoms with E-state index < -0.39 is 47.6 Å². The van der Waals surface area contributed by atoms with Crippen molar-refractivity contribution in [1.82, 2.24) is 15.5 Å². The van der Waals surface area contributed by atoms with Crippen LogP contribution in [-0.2, 0) is 30.3 Å². The highest BCUT2D eigenvalue weighted by Crippen LogP contribution is 2.30. The summed E-state index contributed by atoms with van der Waals surface area (Å²) in [5.74, 6) is -1.46. The molecule has 4 N–H and O–H groups in total. The standard InChI is InChI=1S/C32H45N3O8/c1-8-21(4)35(28(23-12-15-26(37)20(3)18-23)29(39)33-17-16-27(38)42-9-2)30(40)25(34-31(41)43-32(5,6)7)19-22-10-13-24(36)14-11-22/h10-15,18,21,25,28,36-37H,8-9,16-17,19H2,1-7H3,(H,33,39)(H,34,41). The number of nitrogens with one attached hydrogen (secondary N) is 2. The zero-order valence-corrected chi connectivity index (χ0v) is 26.1. The van der Waals surface area contributed by atoms with Crippen molar-refractivity contribution in [2.75, 3.05) is 13.2 Å². The van der Waals surface area contributed by atoms with E-state index in [1.165, 1.54) is 23.1 Å². The van der Waals surface area contributed by atoms with E-state index in [2.05, 4.69) is 10.6 Å². The molecule has 0 saturated carbocycles. The number of aryl methyl sites for hydroxylation is 1. The Morgan fingerprint density at radius 2 is 1.65 bits per heavy atom. The number of amides is 3. The maximum atomic E-state index is 14.5. The Morgan fingerprint density at radius 1 is 1.00 bits per heavy atom. The minimum absolute atomic E-state index is 0.0130. The van der Waals surface area contributed by atoms with Gasteiger partial charge in [0.2, 0.25) is 11.8 Å². The van der Waals surface area contributed by atoms with Gasteiger partial charge in [-0.3, -0.25) is 14.4 Å². The van der Waals surface area contributed by atoms with Gasteiger partial charge in [-0.15, -0.1) is 0 Å². The molecule has 43 heavy (non-hydrogen) atoms. The second kappa shape index (κ2) is 15.8. The highest BCUT2D eigenvalue weighted by molar-refractivity contribution is 5.92. The van der Waals surface area contributed by atoms with Gasteiger partial charge >= 0.3 is 12.1 Å². The Balaban J connectivity index is 2.57. The molecule has 0 heterocycles. The first-order chi connectivity index (χ1) is 20.2. The Hall–Kier alpha value is -4.28. The first-order valence-corrected chi connectivity index (χ1v) is 14.5. The maximum absolute atomic E-state index is 14.5. The summed E-state index contributed by atoms with van der Waals surface area (Å²) in [5, 5.41) is 25.4. The molecule has 0 aliphatic heterocycles. The highest BCUT2D eigenvalue weighted by Gasteiger charge is 2.38. The molecule has 0 bridgehead atoms. The van der Waals surface area contributed by atoms with Crippen LogP contribution in [-0.4, -0.2) is 69.8 Å². The van der Waals surface area contributed by atoms with Crippen LogP contribution in [0.15, 0.2) is 42.5 Å². The van der Waals surface area contributed by atoms with Crippen molar-refractivity contribution in [3.05, 3.63) is 59.2 Å². The van der Waals surface area contributed by atoms with Crippen LogP contribution in [0.1, 0.15) is 77.1 Å². The van der Waals surface area contributed by atoms with E-state index in [-0.39, 0.29) is 37.5 Å². The van der Waals surface area contributed by atoms with Crippen LogP contribution in [0.25, 0.3) is 0 Å². The average Bonchev–Trinajstić information content (AvgIpc) is 2.92. The summed E-state index contributed by atoms with van der Waals surface area (Å²) >= 11 is 0. The number of aromatic hydroxyl groups is 2. The fraction of sp³-hybridized carbons (Fsp3) is 0.500. The summed E-state index contributed by atoms with van der Waals surface area (Å²) in [6.45, 7) is 12.4. The lowest BCUT2D eigenvalue weighted by Gasteiger charge is -2.38. The van der Waals surface area contributed by atoms with Crippen LogP contribution >= 0.6 is 0 Å². The minimum atomic E-state index is -1.16. The number of phenols is 2. The summed E-state index contributed by atoms with van der Waals surface area (Å²) in [7, 11) is 0. The van der Waals surface area contributed by atoms with Crippen molar-refractivity contribution in [1.29, 1.82) is 0 Å². The van der Waals surface area contributed by atoms with Gasteiger partial charge in [0, 0.05) is 19.0 Å². The highest BCUT2D eigenvalue weighted by atomic mass is 16.6. The topological polar surface area (TPSA) is 154 Å². The number of alkyl carbamates (subject to hydrolysis) is 1. The number of esters is 1. The summed E-state index contributed by atoms with van der Waals surface area (Å²) in [4.78, 5) is 54.5. The predicted molar refractivity (Wildman–Crippen MR) is 161 cm³/mol. The third-order valence-corrected chi connectivity index (χ3v) is 6.68. The molecule has 11 nitrogen and oxygen atoms in total. The van der Waals surface area contributed by atoms with E-state index in [1.54, 1.807) is 65.8 Å². The summed E-state index contributed by atoms with van der Waals surface area (Å²) in [5.41, 5.74) is 0.786. The Labute approximate surface area is 253 Å². The van der Waals surface area contributed by atoms with E-state index in [1.807, 2.05) is 6.92 Å². The number of hydrogen-bond donors (Lipinski definition) is 4. The SMILES string of the molecule is CCOC(=O)CCNC(=O)C(c1ccc(O)c(C)c1)N(C(=O)C(Cc1ccc(O)cc1)NC(=O)OC(C)(C)C)C(C)CC. The molecule has 0 saturated heterocycles. The Bertz CT molecular complexity index is 1260. The number of ether oxygens (including phenoxy) is 2. The summed E-state index contributed by atoms with van der Waals surface area (Å²) < 4.78 is 10.4. The molecule has 3 atom stereocenters. The lowest BCUT2D eigenvalue weighted by Crippen LogP contribution is -2.56. The van der Waals surface area contributed by atoms with E-state index >= 15 is 0 Å². The molecule has 0 aliphatic carbocycles. The van der Waals surface area contributed by atoms with Crippen LogP contribution in [0, 0.1) is 6.92 Å². The zero-order chi connectivity index (χ0) is 32.3. The molecule has 2 aromatic carbocycles. The van der Waals surface area contributed by atoms with Crippen molar-refractivity contribution in [3.8, 4) is 11.5 Å². The van der Waals surface area contributed by atoms with Gasteiger partial charge in [-0.05, 0) is 88.9 Å². The molecule has 0 fully saturated rings. The van der Waals surface area contributed by atoms with Gasteiger partial charge in [0.1, 0.15) is 29.2 Å². The van der Waals surface area contributed by atoms with E-state index in [0.717, 1.165) is 0 Å². The molecular weight excluding hydrogens is 554 g/mol. The lowest BCUT2D eigenvalue weighted by atomic mass is 9.96. The molecule has 236 valence electrons. The molecule has 0 spiro atoms. The van der Waals surface area contributed by atoms with Crippen LogP contribution in [0.2, 0.25) is 0 Å². The molecule has 0 radical (unpaired) electrons. The van der Waals surface area contributed by atoms with Crippen molar-refractivity contribution in [2.24, 2.45) is 0 Å². The number of benzene rings is 2. The molecule has 2 rings (SSSR count). The normalized spacial score (nSPS) is 13.3. The smallest absolute Gasteiger partial charge is 0.408 e. The van der Waals surface area contributed by atoms with Crippen LogP contribution in [0.3, 0.4) is 0 Å². The van der Waals surface area contributed by atoms with E-state index in [4.69, 9.17) is 9.47 Å². The van der Waals surface area contributed by atoms with Crippen LogP contribution in [0.4, 0.5) is 4.79 Å². The quantitative estimate of drug-likeness (QED) is 0.249. The summed E-state index contributed by atoms with van der Waals surface area (Å²) in [6.07, 6.45) is -0.322. The second-order valence-electron chi connectivity index (χ2n) is 11.4. The Kier molecular flexibility index (Phi) is 12.8. The molecule has 2 aromatic rings. The number of phenolic OH excluding ortho intramolecular Hbond substituents is 2. The molecular formula is C32H45N3O8. The predicted octanol–water partition coefficient (Wildman–Crippen LogP) is 4.28. The van der Waals surface area contributed by atoms with Gasteiger partial charge in [-0.25, -0.2) is 4.79 Å². The molecule has 0 aromatic heterocycles. The Morgan fingerprint density at radius 3 is 2.21 bits per heavy atom. The third kappa shape index (κ3) is 10.8. The fourth-order valence-corrected chi connectivity index (χ4v) is 4.40. The average molecular weight is 600 g/mol. The number of hydrogen-bond acceptors (Lipinski definition) is 8. The van der Waals surface area contributed by atoms with Gasteiger partial charge < -0.3 is 35.2 Å². The molecule has 3 amide bonds. The number of rotatable bonds is 13. The van der Waals surface area contributed by atoms with Gasteiger partial charge in [-0.2, -0.15) is 0 Å². The van der Waals surface area contributed by atoms with Crippen molar-refractivity contribution < 1.29 is 38.9 Å². The summed E-state index contributed by atoms with van der Waals surface area (Å²) in [6, 6.07) is 8.13. The minimum Gasteiger partial charge on any atom is -0.508 e. The number of carbonyl (C=O) groups is 4. The lowest BCUT2D eigenvalue weighted by molar-refractivity contribution is -0.146. The fourth-order valence-electron chi connectivity index (χ4n) is 4.40. The van der Waals surface area contributed by atoms with E-state index in [0.29, 0.717) is 23.1 Å².